The first kappa shape index (κ1) is 14.0. The molecule has 0 saturated carbocycles. The average Bonchev–Trinajstić information content (AvgIpc) is 2.45. The van der Waals surface area contributed by atoms with E-state index in [2.05, 4.69) is 17.2 Å². The van der Waals surface area contributed by atoms with Crippen LogP contribution in [0.1, 0.15) is 25.3 Å². The number of hydrogen-bond donors (Lipinski definition) is 1. The van der Waals surface area contributed by atoms with Crippen molar-refractivity contribution in [2.45, 2.75) is 32.2 Å². The Labute approximate surface area is 115 Å². The van der Waals surface area contributed by atoms with Gasteiger partial charge in [0.05, 0.1) is 6.04 Å². The van der Waals surface area contributed by atoms with Gasteiger partial charge in [0, 0.05) is 26.0 Å². The molecule has 104 valence electrons. The van der Waals surface area contributed by atoms with Crippen LogP contribution >= 0.6 is 0 Å². The molecule has 1 N–H and O–H groups in total. The Kier molecular flexibility index (Phi) is 4.91. The predicted octanol–water partition coefficient (Wildman–Crippen LogP) is 1.47. The fourth-order valence-electron chi connectivity index (χ4n) is 2.57. The molecule has 4 nitrogen and oxygen atoms in total. The molecule has 1 aromatic rings. The fourth-order valence-corrected chi connectivity index (χ4v) is 2.57. The lowest BCUT2D eigenvalue weighted by Crippen LogP contribution is -2.51. The van der Waals surface area contributed by atoms with Crippen LogP contribution in [0, 0.1) is 5.92 Å². The Hall–Kier alpha value is -1.42. The Bertz CT molecular complexity index is 407. The topological polar surface area (TPSA) is 45.2 Å². The van der Waals surface area contributed by atoms with Gasteiger partial charge in [0.25, 0.3) is 0 Å². The molecule has 0 aromatic carbocycles. The molecule has 0 radical (unpaired) electrons. The zero-order valence-electron chi connectivity index (χ0n) is 11.8. The van der Waals surface area contributed by atoms with Gasteiger partial charge in [0.15, 0.2) is 0 Å². The van der Waals surface area contributed by atoms with Crippen LogP contribution in [0.2, 0.25) is 0 Å². The average molecular weight is 261 g/mol. The zero-order chi connectivity index (χ0) is 13.7. The lowest BCUT2D eigenvalue weighted by Gasteiger charge is -2.32. The van der Waals surface area contributed by atoms with E-state index < -0.39 is 0 Å². The van der Waals surface area contributed by atoms with Crippen LogP contribution in [0.4, 0.5) is 0 Å². The number of rotatable bonds is 4. The van der Waals surface area contributed by atoms with E-state index in [0.717, 1.165) is 25.9 Å². The number of nitrogens with one attached hydrogen (secondary N) is 1. The van der Waals surface area contributed by atoms with E-state index in [0.29, 0.717) is 5.92 Å². The Morgan fingerprint density at radius 1 is 1.47 bits per heavy atom. The maximum atomic E-state index is 12.4. The third-order valence-corrected chi connectivity index (χ3v) is 3.90. The highest BCUT2D eigenvalue weighted by atomic mass is 16.2. The summed E-state index contributed by atoms with van der Waals surface area (Å²) in [5.41, 5.74) is 1.22. The van der Waals surface area contributed by atoms with Gasteiger partial charge in [-0.25, -0.2) is 0 Å². The normalized spacial score (nSPS) is 23.1. The standard InChI is InChI=1S/C15H23N3O/c1-12-4-3-8-17-14(12)15(19)18(2)11-7-13-5-9-16-10-6-13/h5-6,9-10,12,14,17H,3-4,7-8,11H2,1-2H3. The van der Waals surface area contributed by atoms with E-state index in [1.54, 1.807) is 12.4 Å². The number of likely N-dealkylation sites (N-methyl/N-ethyl adjacent to an activating group) is 1. The first-order valence-electron chi connectivity index (χ1n) is 7.05. The summed E-state index contributed by atoms with van der Waals surface area (Å²) >= 11 is 0. The molecule has 0 aliphatic carbocycles. The van der Waals surface area contributed by atoms with Crippen molar-refractivity contribution in [2.75, 3.05) is 20.1 Å². The highest BCUT2D eigenvalue weighted by Gasteiger charge is 2.29. The molecule has 0 bridgehead atoms. The summed E-state index contributed by atoms with van der Waals surface area (Å²) in [7, 11) is 1.90. The van der Waals surface area contributed by atoms with Crippen LogP contribution in [0.5, 0.6) is 0 Å². The number of pyridine rings is 1. The third kappa shape index (κ3) is 3.77. The van der Waals surface area contributed by atoms with E-state index in [9.17, 15) is 4.79 Å². The van der Waals surface area contributed by atoms with Crippen LogP contribution in [0.15, 0.2) is 24.5 Å². The molecule has 1 aromatic heterocycles. The van der Waals surface area contributed by atoms with Crippen LogP contribution in [-0.4, -0.2) is 42.0 Å². The lowest BCUT2D eigenvalue weighted by molar-refractivity contribution is -0.133. The van der Waals surface area contributed by atoms with E-state index >= 15 is 0 Å². The van der Waals surface area contributed by atoms with Crippen molar-refractivity contribution in [3.8, 4) is 0 Å². The second-order valence-electron chi connectivity index (χ2n) is 5.42. The number of carbonyl (C=O) groups excluding carboxylic acids is 1. The molecule has 1 aliphatic rings. The summed E-state index contributed by atoms with van der Waals surface area (Å²) in [6.07, 6.45) is 6.78. The molecular formula is C15H23N3O. The Morgan fingerprint density at radius 3 is 2.89 bits per heavy atom. The molecule has 1 fully saturated rings. The fraction of sp³-hybridized carbons (Fsp3) is 0.600. The first-order chi connectivity index (χ1) is 9.18. The molecule has 2 atom stereocenters. The van der Waals surface area contributed by atoms with Crippen molar-refractivity contribution in [1.29, 1.82) is 0 Å². The molecule has 2 unspecified atom stereocenters. The minimum absolute atomic E-state index is 0.00353. The summed E-state index contributed by atoms with van der Waals surface area (Å²) in [6, 6.07) is 4.00. The van der Waals surface area contributed by atoms with E-state index in [4.69, 9.17) is 0 Å². The molecule has 19 heavy (non-hydrogen) atoms. The quantitative estimate of drug-likeness (QED) is 0.892. The number of aromatic nitrogens is 1. The van der Waals surface area contributed by atoms with Gasteiger partial charge in [-0.05, 0) is 49.4 Å². The Morgan fingerprint density at radius 2 is 2.21 bits per heavy atom. The van der Waals surface area contributed by atoms with Crippen molar-refractivity contribution >= 4 is 5.91 Å². The van der Waals surface area contributed by atoms with Crippen LogP contribution in [0.3, 0.4) is 0 Å². The third-order valence-electron chi connectivity index (χ3n) is 3.90. The lowest BCUT2D eigenvalue weighted by atomic mass is 9.92. The van der Waals surface area contributed by atoms with Gasteiger partial charge in [-0.3, -0.25) is 9.78 Å². The van der Waals surface area contributed by atoms with E-state index in [-0.39, 0.29) is 11.9 Å². The van der Waals surface area contributed by atoms with Gasteiger partial charge in [-0.1, -0.05) is 6.92 Å². The summed E-state index contributed by atoms with van der Waals surface area (Å²) < 4.78 is 0. The summed E-state index contributed by atoms with van der Waals surface area (Å²) in [5.74, 6) is 0.658. The van der Waals surface area contributed by atoms with Crippen LogP contribution in [-0.2, 0) is 11.2 Å². The largest absolute Gasteiger partial charge is 0.344 e. The predicted molar refractivity (Wildman–Crippen MR) is 75.8 cm³/mol. The number of piperidine rings is 1. The molecule has 0 spiro atoms. The second-order valence-corrected chi connectivity index (χ2v) is 5.42. The van der Waals surface area contributed by atoms with Crippen molar-refractivity contribution in [3.05, 3.63) is 30.1 Å². The van der Waals surface area contributed by atoms with Gasteiger partial charge in [-0.15, -0.1) is 0 Å². The number of carbonyl (C=O) groups is 1. The van der Waals surface area contributed by atoms with Crippen molar-refractivity contribution < 1.29 is 4.79 Å². The maximum absolute atomic E-state index is 12.4. The van der Waals surface area contributed by atoms with Crippen molar-refractivity contribution in [2.24, 2.45) is 5.92 Å². The van der Waals surface area contributed by atoms with Gasteiger partial charge in [0.2, 0.25) is 5.91 Å². The van der Waals surface area contributed by atoms with E-state index in [1.807, 2.05) is 24.1 Å². The molecule has 2 heterocycles. The maximum Gasteiger partial charge on any atom is 0.239 e. The molecule has 1 saturated heterocycles. The van der Waals surface area contributed by atoms with Crippen LogP contribution < -0.4 is 5.32 Å². The van der Waals surface area contributed by atoms with Crippen LogP contribution in [0.25, 0.3) is 0 Å². The molecule has 1 amide bonds. The smallest absolute Gasteiger partial charge is 0.239 e. The summed E-state index contributed by atoms with van der Waals surface area (Å²) in [6.45, 7) is 3.87. The SMILES string of the molecule is CC1CCCNC1C(=O)N(C)CCc1ccncc1. The van der Waals surface area contributed by atoms with Crippen molar-refractivity contribution in [1.82, 2.24) is 15.2 Å². The summed E-state index contributed by atoms with van der Waals surface area (Å²) in [5, 5.41) is 3.35. The Balaban J connectivity index is 1.85. The monoisotopic (exact) mass is 261 g/mol. The van der Waals surface area contributed by atoms with Gasteiger partial charge < -0.3 is 10.2 Å². The number of amides is 1. The molecular weight excluding hydrogens is 238 g/mol. The van der Waals surface area contributed by atoms with Gasteiger partial charge in [-0.2, -0.15) is 0 Å². The second kappa shape index (κ2) is 6.66. The highest BCUT2D eigenvalue weighted by Crippen LogP contribution is 2.17. The number of nitrogens with zero attached hydrogens (tertiary/aromatic N) is 2. The molecule has 1 aliphatic heterocycles. The zero-order valence-corrected chi connectivity index (χ0v) is 11.8. The minimum atomic E-state index is -0.00353. The number of hydrogen-bond acceptors (Lipinski definition) is 3. The van der Waals surface area contributed by atoms with Crippen molar-refractivity contribution in [3.63, 3.8) is 0 Å². The minimum Gasteiger partial charge on any atom is -0.344 e. The summed E-state index contributed by atoms with van der Waals surface area (Å²) in [4.78, 5) is 18.2. The molecule has 2 rings (SSSR count). The first-order valence-corrected chi connectivity index (χ1v) is 7.05. The van der Waals surface area contributed by atoms with E-state index in [1.165, 1.54) is 12.0 Å². The van der Waals surface area contributed by atoms with Gasteiger partial charge in [0.1, 0.15) is 0 Å². The molecule has 4 heteroatoms. The highest BCUT2D eigenvalue weighted by molar-refractivity contribution is 5.82. The van der Waals surface area contributed by atoms with Gasteiger partial charge >= 0.3 is 0 Å².